The van der Waals surface area contributed by atoms with Gasteiger partial charge >= 0.3 is 5.97 Å². The molecule has 0 aromatic carbocycles. The van der Waals surface area contributed by atoms with Gasteiger partial charge in [-0.25, -0.2) is 0 Å². The van der Waals surface area contributed by atoms with Gasteiger partial charge in [-0.3, -0.25) is 9.36 Å². The Morgan fingerprint density at radius 2 is 2.22 bits per heavy atom. The smallest absolute Gasteiger partial charge is 0.303 e. The molecule has 0 saturated carbocycles. The van der Waals surface area contributed by atoms with Gasteiger partial charge in [0.2, 0.25) is 0 Å². The number of carboxylic acids is 1. The summed E-state index contributed by atoms with van der Waals surface area (Å²) in [7, 11) is -1.39. The summed E-state index contributed by atoms with van der Waals surface area (Å²) in [4.78, 5) is 9.87. The highest BCUT2D eigenvalue weighted by Crippen LogP contribution is 2.05. The van der Waals surface area contributed by atoms with Crippen LogP contribution in [0.1, 0.15) is 12.8 Å². The second kappa shape index (κ2) is 4.33. The second-order valence-corrected chi connectivity index (χ2v) is 3.11. The average Bonchev–Trinajstić information content (AvgIpc) is 1.63. The number of carboxylic acid groups (broad SMARTS) is 1. The first-order valence-corrected chi connectivity index (χ1v) is 4.23. The number of aliphatic carboxylic acids is 1. The van der Waals surface area contributed by atoms with Crippen molar-refractivity contribution < 1.29 is 14.5 Å². The van der Waals surface area contributed by atoms with Gasteiger partial charge in [0.15, 0.2) is 0 Å². The highest BCUT2D eigenvalue weighted by atomic mass is 31.1. The van der Waals surface area contributed by atoms with E-state index in [0.717, 1.165) is 0 Å². The molecule has 0 spiro atoms. The van der Waals surface area contributed by atoms with Gasteiger partial charge in [-0.1, -0.05) is 0 Å². The van der Waals surface area contributed by atoms with E-state index in [-0.39, 0.29) is 6.42 Å². The Labute approximate surface area is 54.1 Å². The maximum Gasteiger partial charge on any atom is 0.303 e. The fourth-order valence-electron chi connectivity index (χ4n) is 0.407. The van der Waals surface area contributed by atoms with Crippen molar-refractivity contribution >= 4 is 19.7 Å². The SMILES string of the molecule is C=P(=O)CCCC(=O)O. The van der Waals surface area contributed by atoms with Crippen molar-refractivity contribution in [1.82, 2.24) is 0 Å². The molecule has 0 fully saturated rings. The lowest BCUT2D eigenvalue weighted by Gasteiger charge is -1.86. The number of hydrogen-bond donors (Lipinski definition) is 1. The normalized spacial score (nSPS) is 10.9. The summed E-state index contributed by atoms with van der Waals surface area (Å²) in [5.41, 5.74) is 0. The summed E-state index contributed by atoms with van der Waals surface area (Å²) in [5, 5.41) is 8.11. The molecule has 0 aliphatic rings. The summed E-state index contributed by atoms with van der Waals surface area (Å²) in [6.07, 6.45) is 4.23. The van der Waals surface area contributed by atoms with Crippen LogP contribution in [0.5, 0.6) is 0 Å². The van der Waals surface area contributed by atoms with Crippen LogP contribution in [0.15, 0.2) is 0 Å². The first-order valence-electron chi connectivity index (χ1n) is 2.60. The van der Waals surface area contributed by atoms with Gasteiger partial charge in [0.05, 0.1) is 7.42 Å². The zero-order valence-corrected chi connectivity index (χ0v) is 5.93. The molecule has 0 aliphatic heterocycles. The highest BCUT2D eigenvalue weighted by molar-refractivity contribution is 7.43. The lowest BCUT2D eigenvalue weighted by Crippen LogP contribution is -1.93. The number of carbonyl (C=O) groups is 1. The Kier molecular flexibility index (Phi) is 4.06. The summed E-state index contributed by atoms with van der Waals surface area (Å²) in [6.45, 7) is 0. The largest absolute Gasteiger partial charge is 0.481 e. The molecule has 0 radical (unpaired) electrons. The molecule has 0 rings (SSSR count). The first kappa shape index (κ1) is 8.44. The van der Waals surface area contributed by atoms with Crippen LogP contribution in [0.25, 0.3) is 0 Å². The van der Waals surface area contributed by atoms with Crippen LogP contribution in [0.3, 0.4) is 0 Å². The molecule has 0 aromatic rings. The average molecular weight is 148 g/mol. The third-order valence-corrected chi connectivity index (χ3v) is 1.61. The van der Waals surface area contributed by atoms with E-state index in [1.165, 1.54) is 0 Å². The molecule has 1 unspecified atom stereocenters. The molecule has 3 nitrogen and oxygen atoms in total. The Morgan fingerprint density at radius 1 is 1.67 bits per heavy atom. The topological polar surface area (TPSA) is 54.4 Å². The Hall–Kier alpha value is -0.560. The van der Waals surface area contributed by atoms with E-state index >= 15 is 0 Å². The predicted octanol–water partition coefficient (Wildman–Crippen LogP) is 1.11. The molecule has 1 N–H and O–H groups in total. The van der Waals surface area contributed by atoms with Crippen molar-refractivity contribution in [2.24, 2.45) is 0 Å². The van der Waals surface area contributed by atoms with Crippen LogP contribution in [-0.4, -0.2) is 23.5 Å². The summed E-state index contributed by atoms with van der Waals surface area (Å²) >= 11 is 0. The van der Waals surface area contributed by atoms with Crippen molar-refractivity contribution in [1.29, 1.82) is 0 Å². The molecule has 0 heterocycles. The van der Waals surface area contributed by atoms with E-state index < -0.39 is 13.4 Å². The summed E-state index contributed by atoms with van der Waals surface area (Å²) in [5.74, 6) is -0.841. The monoisotopic (exact) mass is 148 g/mol. The van der Waals surface area contributed by atoms with E-state index in [1.807, 2.05) is 0 Å². The predicted molar refractivity (Wildman–Crippen MR) is 36.5 cm³/mol. The van der Waals surface area contributed by atoms with Crippen LogP contribution < -0.4 is 0 Å². The second-order valence-electron chi connectivity index (χ2n) is 1.70. The van der Waals surface area contributed by atoms with Gasteiger partial charge < -0.3 is 5.11 Å². The van der Waals surface area contributed by atoms with Crippen LogP contribution in [0.2, 0.25) is 0 Å². The molecule has 0 aromatic heterocycles. The number of hydrogen-bond acceptors (Lipinski definition) is 2. The van der Waals surface area contributed by atoms with E-state index in [0.29, 0.717) is 12.6 Å². The Balaban J connectivity index is 3.21. The lowest BCUT2D eigenvalue weighted by molar-refractivity contribution is -0.137. The fraction of sp³-hybridized carbons (Fsp3) is 0.600. The molecule has 4 heteroatoms. The molecule has 0 bridgehead atoms. The molecule has 0 saturated heterocycles. The Bertz CT molecular complexity index is 152. The van der Waals surface area contributed by atoms with E-state index in [1.54, 1.807) is 0 Å². The number of rotatable bonds is 4. The minimum absolute atomic E-state index is 0.0938. The summed E-state index contributed by atoms with van der Waals surface area (Å²) in [6, 6.07) is 0. The standard InChI is InChI=1S/C5H9O3P/c1-9(8)4-2-3-5(6)7/h1-4H2,(H,6,7). The first-order chi connectivity index (χ1) is 4.13. The van der Waals surface area contributed by atoms with Gasteiger partial charge in [0.25, 0.3) is 0 Å². The highest BCUT2D eigenvalue weighted by Gasteiger charge is 1.94. The van der Waals surface area contributed by atoms with Crippen molar-refractivity contribution in [2.45, 2.75) is 12.8 Å². The molecule has 0 amide bonds. The zero-order chi connectivity index (χ0) is 7.28. The maximum absolute atomic E-state index is 10.3. The molecular formula is C5H9O3P. The third kappa shape index (κ3) is 7.44. The van der Waals surface area contributed by atoms with E-state index in [9.17, 15) is 9.36 Å². The van der Waals surface area contributed by atoms with Gasteiger partial charge in [-0.05, 0) is 12.7 Å². The van der Waals surface area contributed by atoms with Crippen molar-refractivity contribution in [3.63, 3.8) is 0 Å². The van der Waals surface area contributed by atoms with Crippen LogP contribution in [0, 0.1) is 0 Å². The van der Waals surface area contributed by atoms with Gasteiger partial charge in [0, 0.05) is 12.6 Å². The molecular weight excluding hydrogens is 139 g/mol. The van der Waals surface area contributed by atoms with Crippen molar-refractivity contribution in [3.8, 4) is 0 Å². The minimum atomic E-state index is -1.39. The lowest BCUT2D eigenvalue weighted by atomic mass is 10.3. The molecule has 52 valence electrons. The summed E-state index contributed by atoms with van der Waals surface area (Å²) < 4.78 is 10.3. The van der Waals surface area contributed by atoms with Crippen molar-refractivity contribution in [2.75, 3.05) is 6.16 Å². The van der Waals surface area contributed by atoms with Gasteiger partial charge in [-0.15, -0.1) is 0 Å². The van der Waals surface area contributed by atoms with E-state index in [4.69, 9.17) is 5.11 Å². The zero-order valence-electron chi connectivity index (χ0n) is 5.04. The van der Waals surface area contributed by atoms with Crippen LogP contribution >= 0.6 is 7.42 Å². The van der Waals surface area contributed by atoms with Crippen LogP contribution in [0.4, 0.5) is 0 Å². The van der Waals surface area contributed by atoms with Crippen LogP contribution in [-0.2, 0) is 9.36 Å². The quantitative estimate of drug-likeness (QED) is 0.607. The third-order valence-electron chi connectivity index (χ3n) is 0.798. The van der Waals surface area contributed by atoms with E-state index in [2.05, 4.69) is 6.30 Å². The molecule has 1 atom stereocenters. The van der Waals surface area contributed by atoms with Crippen molar-refractivity contribution in [3.05, 3.63) is 0 Å². The Morgan fingerprint density at radius 3 is 2.56 bits per heavy atom. The van der Waals surface area contributed by atoms with Gasteiger partial charge in [0.1, 0.15) is 0 Å². The fourth-order valence-corrected chi connectivity index (χ4v) is 0.917. The molecule has 0 aliphatic carbocycles. The van der Waals surface area contributed by atoms with Gasteiger partial charge in [-0.2, -0.15) is 0 Å². The minimum Gasteiger partial charge on any atom is -0.481 e. The molecule has 9 heavy (non-hydrogen) atoms. The maximum atomic E-state index is 10.3.